The van der Waals surface area contributed by atoms with E-state index in [1.807, 2.05) is 18.2 Å². The molecule has 6 heteroatoms. The summed E-state index contributed by atoms with van der Waals surface area (Å²) in [5, 5.41) is 2.97. The number of rotatable bonds is 2. The number of carbonyl (C=O) groups excluding carboxylic acids is 1. The van der Waals surface area contributed by atoms with Gasteiger partial charge in [0.2, 0.25) is 11.8 Å². The van der Waals surface area contributed by atoms with E-state index >= 15 is 0 Å². The molecule has 23 heavy (non-hydrogen) atoms. The first kappa shape index (κ1) is 17.8. The monoisotopic (exact) mass is 337 g/mol. The summed E-state index contributed by atoms with van der Waals surface area (Å²) < 4.78 is 5.77. The molecular weight excluding hydrogens is 314 g/mol. The number of oxazole rings is 1. The largest absolute Gasteiger partial charge is 0.440 e. The van der Waals surface area contributed by atoms with Crippen molar-refractivity contribution in [2.75, 3.05) is 5.32 Å². The van der Waals surface area contributed by atoms with Crippen molar-refractivity contribution < 1.29 is 9.21 Å². The van der Waals surface area contributed by atoms with Crippen LogP contribution in [0.4, 0.5) is 5.69 Å². The molecule has 1 heterocycles. The summed E-state index contributed by atoms with van der Waals surface area (Å²) in [6.45, 7) is 6.18. The third-order valence-corrected chi connectivity index (χ3v) is 4.14. The highest BCUT2D eigenvalue weighted by Crippen LogP contribution is 2.29. The van der Waals surface area contributed by atoms with E-state index in [1.165, 1.54) is 0 Å². The van der Waals surface area contributed by atoms with Gasteiger partial charge in [0, 0.05) is 23.1 Å². The predicted octanol–water partition coefficient (Wildman–Crippen LogP) is 3.61. The lowest BCUT2D eigenvalue weighted by molar-refractivity contribution is -0.119. The Labute approximate surface area is 142 Å². The zero-order valence-corrected chi connectivity index (χ0v) is 14.6. The normalized spacial score (nSPS) is 21.2. The zero-order valence-electron chi connectivity index (χ0n) is 13.8. The molecule has 3 N–H and O–H groups in total. The van der Waals surface area contributed by atoms with Gasteiger partial charge in [-0.25, -0.2) is 4.98 Å². The van der Waals surface area contributed by atoms with E-state index in [-0.39, 0.29) is 35.7 Å². The number of halogens is 1. The molecule has 0 saturated heterocycles. The Balaban J connectivity index is 0.00000192. The molecule has 1 aliphatic carbocycles. The van der Waals surface area contributed by atoms with Crippen LogP contribution < -0.4 is 11.1 Å². The van der Waals surface area contributed by atoms with Crippen LogP contribution in [0.1, 0.15) is 45.9 Å². The summed E-state index contributed by atoms with van der Waals surface area (Å²) in [5.74, 6) is 0.771. The number of amides is 1. The number of anilines is 1. The zero-order chi connectivity index (χ0) is 15.9. The van der Waals surface area contributed by atoms with Crippen LogP contribution in [0.15, 0.2) is 22.6 Å². The number of nitrogens with zero attached hydrogens (tertiary/aromatic N) is 1. The molecule has 126 valence electrons. The second-order valence-corrected chi connectivity index (χ2v) is 7.21. The molecule has 0 aliphatic heterocycles. The molecule has 2 aromatic rings. The molecule has 0 bridgehead atoms. The highest BCUT2D eigenvalue weighted by Gasteiger charge is 2.28. The van der Waals surface area contributed by atoms with Crippen molar-refractivity contribution in [3.05, 3.63) is 24.1 Å². The van der Waals surface area contributed by atoms with E-state index in [1.54, 1.807) is 0 Å². The van der Waals surface area contributed by atoms with Crippen molar-refractivity contribution in [2.24, 2.45) is 11.7 Å². The standard InChI is InChI=1S/C17H23N3O2.ClH/c1-17(2,3)16-20-13-9-12(6-7-14(13)22-16)19-15(21)10-4-5-11(18)8-10;/h6-7,9-11H,4-5,8,18H2,1-3H3,(H,19,21);1H. The van der Waals surface area contributed by atoms with Crippen LogP contribution in [0.2, 0.25) is 0 Å². The van der Waals surface area contributed by atoms with Gasteiger partial charge in [-0.2, -0.15) is 0 Å². The minimum atomic E-state index is -0.136. The maximum absolute atomic E-state index is 12.3. The van der Waals surface area contributed by atoms with E-state index in [0.29, 0.717) is 5.89 Å². The molecule has 1 amide bonds. The second-order valence-electron chi connectivity index (χ2n) is 7.21. The third kappa shape index (κ3) is 3.85. The molecule has 1 aliphatic rings. The molecule has 1 aromatic carbocycles. The fraction of sp³-hybridized carbons (Fsp3) is 0.529. The molecule has 3 rings (SSSR count). The number of carbonyl (C=O) groups is 1. The number of nitrogens with one attached hydrogen (secondary N) is 1. The maximum atomic E-state index is 12.3. The lowest BCUT2D eigenvalue weighted by Crippen LogP contribution is -2.23. The van der Waals surface area contributed by atoms with Crippen molar-refractivity contribution in [2.45, 2.75) is 51.5 Å². The van der Waals surface area contributed by atoms with Gasteiger partial charge < -0.3 is 15.5 Å². The fourth-order valence-electron chi connectivity index (χ4n) is 2.82. The van der Waals surface area contributed by atoms with Gasteiger partial charge in [-0.1, -0.05) is 20.8 Å². The minimum Gasteiger partial charge on any atom is -0.440 e. The molecule has 1 saturated carbocycles. The first-order valence-corrected chi connectivity index (χ1v) is 7.80. The Bertz CT molecular complexity index is 705. The topological polar surface area (TPSA) is 81.2 Å². The molecule has 1 fully saturated rings. The van der Waals surface area contributed by atoms with Gasteiger partial charge in [-0.3, -0.25) is 4.79 Å². The number of nitrogens with two attached hydrogens (primary N) is 1. The van der Waals surface area contributed by atoms with Crippen LogP contribution in [0.5, 0.6) is 0 Å². The van der Waals surface area contributed by atoms with Crippen molar-refractivity contribution >= 4 is 35.1 Å². The van der Waals surface area contributed by atoms with Crippen molar-refractivity contribution in [3.63, 3.8) is 0 Å². The first-order chi connectivity index (χ1) is 10.3. The SMILES string of the molecule is CC(C)(C)c1nc2cc(NC(=O)C3CCC(N)C3)ccc2o1.Cl. The van der Waals surface area contributed by atoms with Gasteiger partial charge in [0.15, 0.2) is 5.58 Å². The van der Waals surface area contributed by atoms with Crippen molar-refractivity contribution in [1.82, 2.24) is 4.98 Å². The van der Waals surface area contributed by atoms with Crippen LogP contribution in [0.25, 0.3) is 11.1 Å². The summed E-state index contributed by atoms with van der Waals surface area (Å²) in [7, 11) is 0. The van der Waals surface area contributed by atoms with Gasteiger partial charge in [-0.15, -0.1) is 12.4 Å². The smallest absolute Gasteiger partial charge is 0.227 e. The lowest BCUT2D eigenvalue weighted by Gasteiger charge is -2.11. The van der Waals surface area contributed by atoms with Crippen LogP contribution >= 0.6 is 12.4 Å². The summed E-state index contributed by atoms with van der Waals surface area (Å²) >= 11 is 0. The van der Waals surface area contributed by atoms with E-state index in [0.717, 1.165) is 36.0 Å². The molecule has 2 atom stereocenters. The molecule has 2 unspecified atom stereocenters. The van der Waals surface area contributed by atoms with Crippen LogP contribution in [0.3, 0.4) is 0 Å². The summed E-state index contributed by atoms with van der Waals surface area (Å²) in [6.07, 6.45) is 2.56. The summed E-state index contributed by atoms with van der Waals surface area (Å²) in [5.41, 5.74) is 8.00. The van der Waals surface area contributed by atoms with E-state index in [4.69, 9.17) is 10.2 Å². The van der Waals surface area contributed by atoms with Gasteiger partial charge in [0.1, 0.15) is 5.52 Å². The molecule has 0 radical (unpaired) electrons. The number of hydrogen-bond acceptors (Lipinski definition) is 4. The van der Waals surface area contributed by atoms with Gasteiger partial charge in [-0.05, 0) is 37.5 Å². The average molecular weight is 338 g/mol. The van der Waals surface area contributed by atoms with Crippen LogP contribution in [0, 0.1) is 5.92 Å². The highest BCUT2D eigenvalue weighted by atomic mass is 35.5. The summed E-state index contributed by atoms with van der Waals surface area (Å²) in [4.78, 5) is 16.8. The van der Waals surface area contributed by atoms with E-state index in [9.17, 15) is 4.79 Å². The van der Waals surface area contributed by atoms with Gasteiger partial charge >= 0.3 is 0 Å². The fourth-order valence-corrected chi connectivity index (χ4v) is 2.82. The Morgan fingerprint density at radius 2 is 2.09 bits per heavy atom. The number of fused-ring (bicyclic) bond motifs is 1. The predicted molar refractivity (Wildman–Crippen MR) is 93.9 cm³/mol. The number of aromatic nitrogens is 1. The third-order valence-electron chi connectivity index (χ3n) is 4.14. The quantitative estimate of drug-likeness (QED) is 0.877. The Morgan fingerprint density at radius 3 is 2.70 bits per heavy atom. The molecule has 1 aromatic heterocycles. The lowest BCUT2D eigenvalue weighted by atomic mass is 9.97. The van der Waals surface area contributed by atoms with Gasteiger partial charge in [0.05, 0.1) is 0 Å². The number of benzene rings is 1. The van der Waals surface area contributed by atoms with Crippen LogP contribution in [-0.4, -0.2) is 16.9 Å². The molecular formula is C17H24ClN3O2. The van der Waals surface area contributed by atoms with Crippen molar-refractivity contribution in [1.29, 1.82) is 0 Å². The number of hydrogen-bond donors (Lipinski definition) is 2. The van der Waals surface area contributed by atoms with Crippen molar-refractivity contribution in [3.8, 4) is 0 Å². The second kappa shape index (κ2) is 6.49. The van der Waals surface area contributed by atoms with E-state index in [2.05, 4.69) is 31.1 Å². The Hall–Kier alpha value is -1.59. The highest BCUT2D eigenvalue weighted by molar-refractivity contribution is 5.94. The van der Waals surface area contributed by atoms with E-state index < -0.39 is 0 Å². The average Bonchev–Trinajstić information content (AvgIpc) is 3.03. The molecule has 0 spiro atoms. The molecule has 5 nitrogen and oxygen atoms in total. The Kier molecular flexibility index (Phi) is 5.01. The van der Waals surface area contributed by atoms with Crippen LogP contribution in [-0.2, 0) is 10.2 Å². The first-order valence-electron chi connectivity index (χ1n) is 7.80. The van der Waals surface area contributed by atoms with Gasteiger partial charge in [0.25, 0.3) is 0 Å². The Morgan fingerprint density at radius 1 is 1.35 bits per heavy atom. The summed E-state index contributed by atoms with van der Waals surface area (Å²) in [6, 6.07) is 5.73. The minimum absolute atomic E-state index is 0. The maximum Gasteiger partial charge on any atom is 0.227 e.